The molecule has 0 aliphatic heterocycles. The largest absolute Gasteiger partial charge is 0.351 e. The van der Waals surface area contributed by atoms with Crippen LogP contribution in [0.4, 0.5) is 5.82 Å². The van der Waals surface area contributed by atoms with Crippen molar-refractivity contribution in [2.45, 2.75) is 26.2 Å². The van der Waals surface area contributed by atoms with E-state index in [2.05, 4.69) is 27.8 Å². The summed E-state index contributed by atoms with van der Waals surface area (Å²) in [5.74, 6) is 0.192. The molecule has 21 heavy (non-hydrogen) atoms. The number of aromatic nitrogens is 2. The van der Waals surface area contributed by atoms with Gasteiger partial charge in [-0.1, -0.05) is 13.3 Å². The van der Waals surface area contributed by atoms with Crippen LogP contribution in [0.15, 0.2) is 22.9 Å². The minimum Gasteiger partial charge on any atom is -0.351 e. The molecule has 0 saturated heterocycles. The lowest BCUT2D eigenvalue weighted by atomic mass is 10.2. The van der Waals surface area contributed by atoms with E-state index in [1.54, 1.807) is 11.4 Å². The smallest absolute Gasteiger partial charge is 0.252 e. The SMILES string of the molecule is CCCc1cc(NC(=O)CCNC(=O)c2ccsc2)n[nH]1. The molecule has 0 aromatic carbocycles. The van der Waals surface area contributed by atoms with Gasteiger partial charge in [-0.3, -0.25) is 14.7 Å². The molecule has 112 valence electrons. The fourth-order valence-corrected chi connectivity index (χ4v) is 2.45. The van der Waals surface area contributed by atoms with E-state index in [0.29, 0.717) is 17.9 Å². The highest BCUT2D eigenvalue weighted by molar-refractivity contribution is 7.08. The number of carbonyl (C=O) groups excluding carboxylic acids is 2. The van der Waals surface area contributed by atoms with Crippen LogP contribution >= 0.6 is 11.3 Å². The van der Waals surface area contributed by atoms with Crippen LogP contribution < -0.4 is 10.6 Å². The molecule has 6 nitrogen and oxygen atoms in total. The van der Waals surface area contributed by atoms with Crippen molar-refractivity contribution in [1.82, 2.24) is 15.5 Å². The predicted octanol–water partition coefficient (Wildman–Crippen LogP) is 2.18. The Balaban J connectivity index is 1.70. The molecule has 2 amide bonds. The van der Waals surface area contributed by atoms with Gasteiger partial charge in [-0.25, -0.2) is 0 Å². The number of H-pyrrole nitrogens is 1. The van der Waals surface area contributed by atoms with E-state index in [1.807, 2.05) is 11.4 Å². The number of hydrogen-bond donors (Lipinski definition) is 3. The molecule has 0 aliphatic rings. The zero-order chi connectivity index (χ0) is 15.1. The molecule has 0 radical (unpaired) electrons. The van der Waals surface area contributed by atoms with Gasteiger partial charge in [0.05, 0.1) is 0 Å². The van der Waals surface area contributed by atoms with Gasteiger partial charge in [0.15, 0.2) is 5.82 Å². The van der Waals surface area contributed by atoms with Crippen molar-refractivity contribution in [3.05, 3.63) is 34.2 Å². The molecule has 2 rings (SSSR count). The fourth-order valence-electron chi connectivity index (χ4n) is 1.81. The van der Waals surface area contributed by atoms with E-state index in [1.165, 1.54) is 11.3 Å². The summed E-state index contributed by atoms with van der Waals surface area (Å²) in [7, 11) is 0. The maximum Gasteiger partial charge on any atom is 0.252 e. The highest BCUT2D eigenvalue weighted by Gasteiger charge is 2.08. The normalized spacial score (nSPS) is 10.3. The summed E-state index contributed by atoms with van der Waals surface area (Å²) >= 11 is 1.46. The van der Waals surface area contributed by atoms with Crippen molar-refractivity contribution in [3.63, 3.8) is 0 Å². The number of nitrogens with one attached hydrogen (secondary N) is 3. The van der Waals surface area contributed by atoms with Crippen LogP contribution in [-0.2, 0) is 11.2 Å². The molecule has 0 spiro atoms. The Morgan fingerprint density at radius 3 is 3.00 bits per heavy atom. The third-order valence-corrected chi connectivity index (χ3v) is 3.52. The van der Waals surface area contributed by atoms with Crippen molar-refractivity contribution in [2.24, 2.45) is 0 Å². The first-order valence-electron chi connectivity index (χ1n) is 6.83. The second-order valence-electron chi connectivity index (χ2n) is 4.59. The van der Waals surface area contributed by atoms with Crippen molar-refractivity contribution in [2.75, 3.05) is 11.9 Å². The zero-order valence-corrected chi connectivity index (χ0v) is 12.6. The summed E-state index contributed by atoms with van der Waals surface area (Å²) < 4.78 is 0. The number of hydrogen-bond acceptors (Lipinski definition) is 4. The molecule has 2 aromatic rings. The van der Waals surface area contributed by atoms with Gasteiger partial charge in [0, 0.05) is 35.7 Å². The lowest BCUT2D eigenvalue weighted by molar-refractivity contribution is -0.116. The highest BCUT2D eigenvalue weighted by Crippen LogP contribution is 2.08. The van der Waals surface area contributed by atoms with Gasteiger partial charge in [-0.2, -0.15) is 16.4 Å². The van der Waals surface area contributed by atoms with Gasteiger partial charge < -0.3 is 10.6 Å². The number of aryl methyl sites for hydroxylation is 1. The standard InChI is InChI=1S/C14H18N4O2S/c1-2-3-11-8-12(18-17-11)16-13(19)4-6-15-14(20)10-5-7-21-9-10/h5,7-9H,2-4,6H2,1H3,(H,15,20)(H2,16,17,18,19). The first kappa shape index (κ1) is 15.2. The van der Waals surface area contributed by atoms with E-state index >= 15 is 0 Å². The minimum absolute atomic E-state index is 0.158. The first-order valence-corrected chi connectivity index (χ1v) is 7.78. The second kappa shape index (κ2) is 7.58. The zero-order valence-electron chi connectivity index (χ0n) is 11.8. The monoisotopic (exact) mass is 306 g/mol. The fraction of sp³-hybridized carbons (Fsp3) is 0.357. The van der Waals surface area contributed by atoms with Gasteiger partial charge in [-0.15, -0.1) is 0 Å². The quantitative estimate of drug-likeness (QED) is 0.732. The van der Waals surface area contributed by atoms with Crippen LogP contribution in [0.1, 0.15) is 35.8 Å². The number of thiophene rings is 1. The van der Waals surface area contributed by atoms with Crippen molar-refractivity contribution in [1.29, 1.82) is 0 Å². The van der Waals surface area contributed by atoms with Crippen LogP contribution in [0.2, 0.25) is 0 Å². The van der Waals surface area contributed by atoms with Crippen LogP contribution in [-0.4, -0.2) is 28.6 Å². The predicted molar refractivity (Wildman–Crippen MR) is 82.5 cm³/mol. The maximum absolute atomic E-state index is 11.7. The van der Waals surface area contributed by atoms with Crippen LogP contribution in [0.5, 0.6) is 0 Å². The number of rotatable bonds is 7. The Morgan fingerprint density at radius 1 is 1.43 bits per heavy atom. The van der Waals surface area contributed by atoms with E-state index in [9.17, 15) is 9.59 Å². The van der Waals surface area contributed by atoms with E-state index in [-0.39, 0.29) is 18.2 Å². The second-order valence-corrected chi connectivity index (χ2v) is 5.37. The first-order chi connectivity index (χ1) is 10.2. The number of nitrogens with zero attached hydrogens (tertiary/aromatic N) is 1. The number of carbonyl (C=O) groups is 2. The van der Waals surface area contributed by atoms with E-state index in [4.69, 9.17) is 0 Å². The Labute approximate surface area is 127 Å². The van der Waals surface area contributed by atoms with Gasteiger partial charge in [-0.05, 0) is 17.9 Å². The molecule has 0 aliphatic carbocycles. The topological polar surface area (TPSA) is 86.9 Å². The third kappa shape index (κ3) is 4.71. The molecular formula is C14H18N4O2S. The molecule has 0 fully saturated rings. The summed E-state index contributed by atoms with van der Waals surface area (Å²) in [6.45, 7) is 2.38. The average Bonchev–Trinajstić information content (AvgIpc) is 3.10. The van der Waals surface area contributed by atoms with Gasteiger partial charge in [0.2, 0.25) is 5.91 Å². The summed E-state index contributed by atoms with van der Waals surface area (Å²) in [5, 5.41) is 15.9. The molecule has 3 N–H and O–H groups in total. The third-order valence-electron chi connectivity index (χ3n) is 2.84. The van der Waals surface area contributed by atoms with E-state index < -0.39 is 0 Å². The molecule has 0 unspecified atom stereocenters. The van der Waals surface area contributed by atoms with Crippen LogP contribution in [0.3, 0.4) is 0 Å². The van der Waals surface area contributed by atoms with Crippen molar-refractivity contribution < 1.29 is 9.59 Å². The lowest BCUT2D eigenvalue weighted by Gasteiger charge is -2.03. The van der Waals surface area contributed by atoms with Gasteiger partial charge in [0.1, 0.15) is 0 Å². The molecule has 0 saturated carbocycles. The Bertz CT molecular complexity index is 592. The lowest BCUT2D eigenvalue weighted by Crippen LogP contribution is -2.27. The molecule has 2 aromatic heterocycles. The van der Waals surface area contributed by atoms with E-state index in [0.717, 1.165) is 18.5 Å². The van der Waals surface area contributed by atoms with Gasteiger partial charge >= 0.3 is 0 Å². The number of amides is 2. The molecule has 7 heteroatoms. The van der Waals surface area contributed by atoms with Crippen LogP contribution in [0, 0.1) is 0 Å². The maximum atomic E-state index is 11.7. The highest BCUT2D eigenvalue weighted by atomic mass is 32.1. The average molecular weight is 306 g/mol. The molecule has 0 bridgehead atoms. The summed E-state index contributed by atoms with van der Waals surface area (Å²) in [4.78, 5) is 23.4. The number of anilines is 1. The number of aromatic amines is 1. The Hall–Kier alpha value is -2.15. The van der Waals surface area contributed by atoms with Crippen molar-refractivity contribution in [3.8, 4) is 0 Å². The molecule has 2 heterocycles. The Morgan fingerprint density at radius 2 is 2.29 bits per heavy atom. The summed E-state index contributed by atoms with van der Waals surface area (Å²) in [6, 6.07) is 3.57. The summed E-state index contributed by atoms with van der Waals surface area (Å²) in [5.41, 5.74) is 1.62. The Kier molecular flexibility index (Phi) is 5.51. The van der Waals surface area contributed by atoms with Gasteiger partial charge in [0.25, 0.3) is 5.91 Å². The molecular weight excluding hydrogens is 288 g/mol. The van der Waals surface area contributed by atoms with Crippen molar-refractivity contribution >= 4 is 29.0 Å². The summed E-state index contributed by atoms with van der Waals surface area (Å²) in [6.07, 6.45) is 2.13. The van der Waals surface area contributed by atoms with Crippen LogP contribution in [0.25, 0.3) is 0 Å². The minimum atomic E-state index is -0.171. The molecule has 0 atom stereocenters.